The molecule has 0 aliphatic carbocycles. The smallest absolute Gasteiger partial charge is 0.416 e. The van der Waals surface area contributed by atoms with Gasteiger partial charge in [0.15, 0.2) is 6.61 Å². The number of benzene rings is 1. The number of hydrogen-bond acceptors (Lipinski definition) is 2. The molecule has 1 atom stereocenters. The Kier molecular flexibility index (Phi) is 3.31. The topological polar surface area (TPSA) is 38.3 Å². The molecule has 0 radical (unpaired) electrons. The van der Waals surface area contributed by atoms with E-state index in [0.29, 0.717) is 12.1 Å². The van der Waals surface area contributed by atoms with Crippen LogP contribution in [-0.2, 0) is 10.9 Å². The summed E-state index contributed by atoms with van der Waals surface area (Å²) in [5.74, 6) is -5.34. The average molecular weight is 299 g/mol. The van der Waals surface area contributed by atoms with Gasteiger partial charge < -0.3 is 10.1 Å². The molecule has 0 spiro atoms. The van der Waals surface area contributed by atoms with Crippen LogP contribution in [0.4, 0.5) is 31.1 Å². The predicted molar refractivity (Wildman–Crippen MR) is 53.6 cm³/mol. The molecule has 0 unspecified atom stereocenters. The van der Waals surface area contributed by atoms with Crippen LogP contribution in [0.5, 0.6) is 0 Å². The minimum Gasteiger partial charge on any atom is -0.443 e. The standard InChI is InChI=1S/C11H7F6NO2/c12-6-3-1-2-5(11(15,16)17)7(6)8-10(13,14)4-20-9(19)18-8/h1-3,8H,4H2,(H,18,19)/t8-/m1/s1. The summed E-state index contributed by atoms with van der Waals surface area (Å²) in [5.41, 5.74) is -2.87. The Morgan fingerprint density at radius 3 is 2.55 bits per heavy atom. The van der Waals surface area contributed by atoms with E-state index in [9.17, 15) is 31.1 Å². The Balaban J connectivity index is 2.58. The number of halogens is 6. The van der Waals surface area contributed by atoms with Crippen LogP contribution in [0.25, 0.3) is 0 Å². The molecule has 2 rings (SSSR count). The number of nitrogens with one attached hydrogen (secondary N) is 1. The molecular formula is C11H7F6NO2. The summed E-state index contributed by atoms with van der Waals surface area (Å²) in [6.45, 7) is -1.42. The fourth-order valence-electron chi connectivity index (χ4n) is 1.87. The first-order valence-corrected chi connectivity index (χ1v) is 5.29. The number of amides is 1. The zero-order chi connectivity index (χ0) is 15.1. The number of rotatable bonds is 1. The minimum absolute atomic E-state index is 0.468. The third-order valence-electron chi connectivity index (χ3n) is 2.73. The van der Waals surface area contributed by atoms with Gasteiger partial charge in [0.05, 0.1) is 5.56 Å². The van der Waals surface area contributed by atoms with Crippen molar-refractivity contribution in [3.8, 4) is 0 Å². The number of carbonyl (C=O) groups is 1. The summed E-state index contributed by atoms with van der Waals surface area (Å²) in [4.78, 5) is 10.9. The van der Waals surface area contributed by atoms with E-state index in [0.717, 1.165) is 6.07 Å². The average Bonchev–Trinajstić information content (AvgIpc) is 2.31. The molecule has 1 aliphatic rings. The molecule has 1 heterocycles. The van der Waals surface area contributed by atoms with Gasteiger partial charge in [-0.25, -0.2) is 18.0 Å². The maximum atomic E-state index is 13.6. The van der Waals surface area contributed by atoms with Crippen LogP contribution in [-0.4, -0.2) is 18.6 Å². The molecule has 0 saturated carbocycles. The number of alkyl halides is 5. The second-order valence-electron chi connectivity index (χ2n) is 4.11. The third kappa shape index (κ3) is 2.52. The van der Waals surface area contributed by atoms with Crippen molar-refractivity contribution in [1.29, 1.82) is 0 Å². The molecule has 3 nitrogen and oxygen atoms in total. The molecule has 1 saturated heterocycles. The van der Waals surface area contributed by atoms with Gasteiger partial charge in [-0.15, -0.1) is 0 Å². The number of carbonyl (C=O) groups excluding carboxylic acids is 1. The Hall–Kier alpha value is -1.93. The SMILES string of the molecule is O=C1N[C@H](c2c(F)cccc2C(F)(F)F)C(F)(F)CO1. The zero-order valence-corrected chi connectivity index (χ0v) is 9.60. The highest BCUT2D eigenvalue weighted by Gasteiger charge is 2.51. The Morgan fingerprint density at radius 1 is 1.30 bits per heavy atom. The van der Waals surface area contributed by atoms with Crippen LogP contribution in [0.1, 0.15) is 17.2 Å². The molecule has 9 heteroatoms. The third-order valence-corrected chi connectivity index (χ3v) is 2.73. The molecular weight excluding hydrogens is 292 g/mol. The largest absolute Gasteiger partial charge is 0.443 e. The van der Waals surface area contributed by atoms with Crippen molar-refractivity contribution in [2.75, 3.05) is 6.61 Å². The number of hydrogen-bond donors (Lipinski definition) is 1. The lowest BCUT2D eigenvalue weighted by Gasteiger charge is -2.33. The normalized spacial score (nSPS) is 22.1. The van der Waals surface area contributed by atoms with Crippen LogP contribution < -0.4 is 5.32 Å². The molecule has 1 aromatic rings. The van der Waals surface area contributed by atoms with Crippen molar-refractivity contribution in [1.82, 2.24) is 5.32 Å². The fourth-order valence-corrected chi connectivity index (χ4v) is 1.87. The zero-order valence-electron chi connectivity index (χ0n) is 9.60. The van der Waals surface area contributed by atoms with Gasteiger partial charge in [0.25, 0.3) is 0 Å². The molecule has 1 aliphatic heterocycles. The summed E-state index contributed by atoms with van der Waals surface area (Å²) in [6, 6.07) is -0.610. The second-order valence-corrected chi connectivity index (χ2v) is 4.11. The van der Waals surface area contributed by atoms with Crippen molar-refractivity contribution in [3.63, 3.8) is 0 Å². The second kappa shape index (κ2) is 4.57. The van der Waals surface area contributed by atoms with Gasteiger partial charge in [0.2, 0.25) is 0 Å². The van der Waals surface area contributed by atoms with E-state index in [-0.39, 0.29) is 0 Å². The maximum absolute atomic E-state index is 13.6. The van der Waals surface area contributed by atoms with E-state index < -0.39 is 47.8 Å². The van der Waals surface area contributed by atoms with E-state index >= 15 is 0 Å². The summed E-state index contributed by atoms with van der Waals surface area (Å²) in [5, 5.41) is 1.53. The lowest BCUT2D eigenvalue weighted by atomic mass is 9.94. The van der Waals surface area contributed by atoms with Crippen molar-refractivity contribution in [2.45, 2.75) is 18.1 Å². The Labute approximate surface area is 108 Å². The molecule has 20 heavy (non-hydrogen) atoms. The number of ether oxygens (including phenoxy) is 1. The van der Waals surface area contributed by atoms with Crippen LogP contribution in [0.15, 0.2) is 18.2 Å². The van der Waals surface area contributed by atoms with Gasteiger partial charge >= 0.3 is 18.2 Å². The molecule has 1 N–H and O–H groups in total. The van der Waals surface area contributed by atoms with Crippen molar-refractivity contribution >= 4 is 6.09 Å². The summed E-state index contributed by atoms with van der Waals surface area (Å²) in [6.07, 6.45) is -6.37. The van der Waals surface area contributed by atoms with E-state index in [1.54, 1.807) is 0 Å². The van der Waals surface area contributed by atoms with Crippen molar-refractivity contribution in [3.05, 3.63) is 35.1 Å². The molecule has 110 valence electrons. The highest BCUT2D eigenvalue weighted by atomic mass is 19.4. The summed E-state index contributed by atoms with van der Waals surface area (Å²) >= 11 is 0. The molecule has 0 bridgehead atoms. The van der Waals surface area contributed by atoms with Gasteiger partial charge in [-0.2, -0.15) is 13.2 Å². The highest BCUT2D eigenvalue weighted by Crippen LogP contribution is 2.42. The van der Waals surface area contributed by atoms with Crippen molar-refractivity contribution in [2.24, 2.45) is 0 Å². The quantitative estimate of drug-likeness (QED) is 0.808. The maximum Gasteiger partial charge on any atom is 0.416 e. The van der Waals surface area contributed by atoms with Crippen LogP contribution >= 0.6 is 0 Å². The predicted octanol–water partition coefficient (Wildman–Crippen LogP) is 3.26. The van der Waals surface area contributed by atoms with E-state index in [1.165, 1.54) is 5.32 Å². The van der Waals surface area contributed by atoms with Gasteiger partial charge in [-0.3, -0.25) is 0 Å². The molecule has 1 fully saturated rings. The number of cyclic esters (lactones) is 1. The molecule has 0 aromatic heterocycles. The summed E-state index contributed by atoms with van der Waals surface area (Å²) in [7, 11) is 0. The lowest BCUT2D eigenvalue weighted by Crippen LogP contribution is -2.50. The monoisotopic (exact) mass is 299 g/mol. The highest BCUT2D eigenvalue weighted by molar-refractivity contribution is 5.69. The Bertz CT molecular complexity index is 542. The number of alkyl carbamates (subject to hydrolysis) is 1. The molecule has 1 amide bonds. The molecule has 1 aromatic carbocycles. The minimum atomic E-state index is -5.03. The van der Waals surface area contributed by atoms with Gasteiger partial charge in [-0.05, 0) is 12.1 Å². The van der Waals surface area contributed by atoms with Crippen LogP contribution in [0, 0.1) is 5.82 Å². The van der Waals surface area contributed by atoms with Crippen LogP contribution in [0.3, 0.4) is 0 Å². The van der Waals surface area contributed by atoms with Gasteiger partial charge in [-0.1, -0.05) is 6.07 Å². The first-order chi connectivity index (χ1) is 9.13. The van der Waals surface area contributed by atoms with E-state index in [1.807, 2.05) is 0 Å². The van der Waals surface area contributed by atoms with E-state index in [4.69, 9.17) is 0 Å². The van der Waals surface area contributed by atoms with E-state index in [2.05, 4.69) is 4.74 Å². The van der Waals surface area contributed by atoms with Gasteiger partial charge in [0, 0.05) is 5.56 Å². The van der Waals surface area contributed by atoms with Gasteiger partial charge in [0.1, 0.15) is 11.9 Å². The Morgan fingerprint density at radius 2 is 1.95 bits per heavy atom. The van der Waals surface area contributed by atoms with Crippen molar-refractivity contribution < 1.29 is 35.9 Å². The first kappa shape index (κ1) is 14.5. The first-order valence-electron chi connectivity index (χ1n) is 5.29. The fraction of sp³-hybridized carbons (Fsp3) is 0.364. The summed E-state index contributed by atoms with van der Waals surface area (Å²) < 4.78 is 83.2. The lowest BCUT2D eigenvalue weighted by molar-refractivity contribution is -0.142. The van der Waals surface area contributed by atoms with Crippen LogP contribution in [0.2, 0.25) is 0 Å².